The van der Waals surface area contributed by atoms with Crippen LogP contribution in [0.5, 0.6) is 5.75 Å². The molecule has 5 rings (SSSR count). The van der Waals surface area contributed by atoms with Crippen molar-refractivity contribution in [3.8, 4) is 5.75 Å². The van der Waals surface area contributed by atoms with Crippen molar-refractivity contribution >= 4 is 22.9 Å². The minimum absolute atomic E-state index is 0.231. The summed E-state index contributed by atoms with van der Waals surface area (Å²) in [6, 6.07) is 7.26. The van der Waals surface area contributed by atoms with Crippen LogP contribution in [-0.2, 0) is 19.5 Å². The minimum Gasteiger partial charge on any atom is -0.497 e. The van der Waals surface area contributed by atoms with Gasteiger partial charge in [0.1, 0.15) is 16.6 Å². The number of ether oxygens (including phenoxy) is 1. The van der Waals surface area contributed by atoms with Gasteiger partial charge in [0.2, 0.25) is 5.82 Å². The van der Waals surface area contributed by atoms with Crippen LogP contribution in [0.4, 0.5) is 5.69 Å². The second-order valence-electron chi connectivity index (χ2n) is 7.58. The molecule has 0 spiro atoms. The summed E-state index contributed by atoms with van der Waals surface area (Å²) in [7, 11) is 1.62. The van der Waals surface area contributed by atoms with E-state index in [4.69, 9.17) is 4.74 Å². The second-order valence-corrected chi connectivity index (χ2v) is 8.56. The van der Waals surface area contributed by atoms with Gasteiger partial charge in [-0.15, -0.1) is 21.5 Å². The van der Waals surface area contributed by atoms with E-state index in [9.17, 15) is 4.79 Å². The monoisotopic (exact) mass is 410 g/mol. The molecule has 1 fully saturated rings. The third kappa shape index (κ3) is 3.63. The highest BCUT2D eigenvalue weighted by Crippen LogP contribution is 2.33. The molecule has 1 aromatic carbocycles. The highest BCUT2D eigenvalue weighted by atomic mass is 32.1. The third-order valence-corrected chi connectivity index (χ3v) is 6.50. The lowest BCUT2D eigenvalue weighted by atomic mass is 9.89. The molecule has 0 unspecified atom stereocenters. The highest BCUT2D eigenvalue weighted by Gasteiger charge is 2.39. The number of anilines is 1. The Bertz CT molecular complexity index is 1000. The lowest BCUT2D eigenvalue weighted by molar-refractivity contribution is 0.100. The summed E-state index contributed by atoms with van der Waals surface area (Å²) in [5, 5.41) is 14.6. The van der Waals surface area contributed by atoms with Gasteiger partial charge in [-0.05, 0) is 36.1 Å². The van der Waals surface area contributed by atoms with Gasteiger partial charge >= 0.3 is 0 Å². The first-order chi connectivity index (χ1) is 14.2. The number of aromatic nitrogens is 4. The van der Waals surface area contributed by atoms with Gasteiger partial charge in [-0.3, -0.25) is 9.69 Å². The average Bonchev–Trinajstić information content (AvgIpc) is 3.46. The van der Waals surface area contributed by atoms with E-state index in [0.29, 0.717) is 23.3 Å². The van der Waals surface area contributed by atoms with Crippen molar-refractivity contribution in [3.05, 3.63) is 52.5 Å². The fourth-order valence-corrected chi connectivity index (χ4v) is 4.96. The molecule has 9 heteroatoms. The van der Waals surface area contributed by atoms with E-state index in [1.54, 1.807) is 18.4 Å². The molecule has 2 aromatic heterocycles. The normalized spacial score (nSPS) is 20.9. The first-order valence-corrected chi connectivity index (χ1v) is 10.6. The SMILES string of the molecule is COc1ccc(NC(=O)c2nnc3n2C[C@H]2CN(Cc4nccs4)C[C@H]2C3)cc1. The van der Waals surface area contributed by atoms with Crippen LogP contribution in [0, 0.1) is 11.8 Å². The van der Waals surface area contributed by atoms with Crippen molar-refractivity contribution in [2.75, 3.05) is 25.5 Å². The molecule has 3 aromatic rings. The molecule has 2 atom stereocenters. The highest BCUT2D eigenvalue weighted by molar-refractivity contribution is 7.09. The lowest BCUT2D eigenvalue weighted by Gasteiger charge is -2.25. The van der Waals surface area contributed by atoms with Gasteiger partial charge in [0.05, 0.1) is 13.7 Å². The number of carbonyl (C=O) groups is 1. The Labute approximate surface area is 172 Å². The Morgan fingerprint density at radius 2 is 2.03 bits per heavy atom. The number of rotatable bonds is 5. The summed E-state index contributed by atoms with van der Waals surface area (Å²) >= 11 is 1.70. The fourth-order valence-electron chi connectivity index (χ4n) is 4.30. The van der Waals surface area contributed by atoms with Gasteiger partial charge in [0.25, 0.3) is 5.91 Å². The van der Waals surface area contributed by atoms with Gasteiger partial charge < -0.3 is 14.6 Å². The number of thiazole rings is 1. The first-order valence-electron chi connectivity index (χ1n) is 9.68. The summed E-state index contributed by atoms with van der Waals surface area (Å²) in [5.74, 6) is 2.87. The maximum atomic E-state index is 12.8. The lowest BCUT2D eigenvalue weighted by Crippen LogP contribution is -2.31. The van der Waals surface area contributed by atoms with Gasteiger partial charge in [0, 0.05) is 43.3 Å². The summed E-state index contributed by atoms with van der Waals surface area (Å²) in [6.07, 6.45) is 2.72. The van der Waals surface area contributed by atoms with E-state index in [1.165, 1.54) is 0 Å². The number of fused-ring (bicyclic) bond motifs is 2. The van der Waals surface area contributed by atoms with Crippen molar-refractivity contribution in [1.29, 1.82) is 0 Å². The Balaban J connectivity index is 1.27. The average molecular weight is 411 g/mol. The Morgan fingerprint density at radius 3 is 2.79 bits per heavy atom. The van der Waals surface area contributed by atoms with Crippen LogP contribution in [0.3, 0.4) is 0 Å². The number of nitrogens with one attached hydrogen (secondary N) is 1. The number of nitrogens with zero attached hydrogens (tertiary/aromatic N) is 5. The van der Waals surface area contributed by atoms with Crippen LogP contribution < -0.4 is 10.1 Å². The Morgan fingerprint density at radius 1 is 1.21 bits per heavy atom. The molecule has 0 radical (unpaired) electrons. The molecule has 0 aliphatic carbocycles. The predicted molar refractivity (Wildman–Crippen MR) is 109 cm³/mol. The van der Waals surface area contributed by atoms with E-state index in [-0.39, 0.29) is 5.91 Å². The molecule has 0 bridgehead atoms. The van der Waals surface area contributed by atoms with E-state index in [1.807, 2.05) is 40.4 Å². The summed E-state index contributed by atoms with van der Waals surface area (Å²) < 4.78 is 7.15. The van der Waals surface area contributed by atoms with Crippen molar-refractivity contribution in [3.63, 3.8) is 0 Å². The summed E-state index contributed by atoms with van der Waals surface area (Å²) in [6.45, 7) is 3.74. The number of carbonyl (C=O) groups excluding carboxylic acids is 1. The Hall–Kier alpha value is -2.78. The van der Waals surface area contributed by atoms with Crippen LogP contribution in [0.25, 0.3) is 0 Å². The molecule has 29 heavy (non-hydrogen) atoms. The topological polar surface area (TPSA) is 85.2 Å². The molecule has 1 saturated heterocycles. The van der Waals surface area contributed by atoms with Crippen molar-refractivity contribution in [2.24, 2.45) is 11.8 Å². The fraction of sp³-hybridized carbons (Fsp3) is 0.400. The molecule has 150 valence electrons. The Kier molecular flexibility index (Phi) is 4.76. The second kappa shape index (κ2) is 7.57. The van der Waals surface area contributed by atoms with Crippen LogP contribution in [0.15, 0.2) is 35.8 Å². The van der Waals surface area contributed by atoms with Crippen molar-refractivity contribution < 1.29 is 9.53 Å². The zero-order chi connectivity index (χ0) is 19.8. The molecule has 2 aliphatic rings. The van der Waals surface area contributed by atoms with Crippen LogP contribution in [-0.4, -0.2) is 50.8 Å². The van der Waals surface area contributed by atoms with Crippen LogP contribution in [0.2, 0.25) is 0 Å². The number of amides is 1. The van der Waals surface area contributed by atoms with E-state index in [0.717, 1.165) is 49.2 Å². The smallest absolute Gasteiger partial charge is 0.293 e. The van der Waals surface area contributed by atoms with Gasteiger partial charge in [0.15, 0.2) is 0 Å². The summed E-state index contributed by atoms with van der Waals surface area (Å²) in [5.41, 5.74) is 0.706. The maximum Gasteiger partial charge on any atom is 0.293 e. The number of likely N-dealkylation sites (tertiary alicyclic amines) is 1. The molecule has 0 saturated carbocycles. The molecule has 1 N–H and O–H groups in total. The van der Waals surface area contributed by atoms with Gasteiger partial charge in [-0.2, -0.15) is 0 Å². The van der Waals surface area contributed by atoms with Crippen LogP contribution in [0.1, 0.15) is 21.5 Å². The minimum atomic E-state index is -0.231. The number of methoxy groups -OCH3 is 1. The molecule has 2 aliphatic heterocycles. The molecular weight excluding hydrogens is 388 g/mol. The van der Waals surface area contributed by atoms with E-state index in [2.05, 4.69) is 25.4 Å². The zero-order valence-corrected chi connectivity index (χ0v) is 16.9. The first kappa shape index (κ1) is 18.3. The largest absolute Gasteiger partial charge is 0.497 e. The summed E-state index contributed by atoms with van der Waals surface area (Å²) in [4.78, 5) is 19.7. The van der Waals surface area contributed by atoms with Crippen LogP contribution >= 0.6 is 11.3 Å². The van der Waals surface area contributed by atoms with Gasteiger partial charge in [-0.25, -0.2) is 4.98 Å². The molecule has 1 amide bonds. The molecule has 8 nitrogen and oxygen atoms in total. The van der Waals surface area contributed by atoms with E-state index >= 15 is 0 Å². The third-order valence-electron chi connectivity index (χ3n) is 5.73. The predicted octanol–water partition coefficient (Wildman–Crippen LogP) is 2.30. The van der Waals surface area contributed by atoms with E-state index < -0.39 is 0 Å². The number of hydrogen-bond acceptors (Lipinski definition) is 7. The number of benzene rings is 1. The van der Waals surface area contributed by atoms with Crippen molar-refractivity contribution in [2.45, 2.75) is 19.5 Å². The molecular formula is C20H22N6O2S. The quantitative estimate of drug-likeness (QED) is 0.695. The standard InChI is InChI=1S/C20H22N6O2S/c1-28-16-4-2-15(3-5-16)22-20(27)19-24-23-17-8-13-9-25(10-14(13)11-26(17)19)12-18-21-6-7-29-18/h2-7,13-14H,8-12H2,1H3,(H,22,27)/t13-,14-/m1/s1. The van der Waals surface area contributed by atoms with Gasteiger partial charge in [-0.1, -0.05) is 0 Å². The maximum absolute atomic E-state index is 12.8. The van der Waals surface area contributed by atoms with Crippen molar-refractivity contribution in [1.82, 2.24) is 24.6 Å². The molecule has 4 heterocycles. The zero-order valence-electron chi connectivity index (χ0n) is 16.1. The number of hydrogen-bond donors (Lipinski definition) is 1.